The zero-order valence-corrected chi connectivity index (χ0v) is 8.17. The number of rotatable bonds is 0. The molecule has 0 saturated heterocycles. The van der Waals surface area contributed by atoms with Crippen LogP contribution in [0.2, 0.25) is 0 Å². The second kappa shape index (κ2) is 2.43. The number of aryl methyl sites for hydroxylation is 2. The molecule has 2 aromatic heterocycles. The maximum absolute atomic E-state index is 4.29. The summed E-state index contributed by atoms with van der Waals surface area (Å²) in [5.74, 6) is 0. The first kappa shape index (κ1) is 7.01. The van der Waals surface area contributed by atoms with Gasteiger partial charge in [0.15, 0.2) is 0 Å². The summed E-state index contributed by atoms with van der Waals surface area (Å²) in [5.41, 5.74) is 2.23. The SMILES string of the molecule is Cc1[se]c(C)c2nccnc12. The van der Waals surface area contributed by atoms with Crippen LogP contribution >= 0.6 is 0 Å². The Balaban J connectivity index is 2.95. The summed E-state index contributed by atoms with van der Waals surface area (Å²) in [6.07, 6.45) is 3.52. The van der Waals surface area contributed by atoms with Crippen LogP contribution in [0.4, 0.5) is 0 Å². The molecule has 0 N–H and O–H groups in total. The molecule has 0 aliphatic rings. The zero-order valence-electron chi connectivity index (χ0n) is 6.46. The van der Waals surface area contributed by atoms with Gasteiger partial charge >= 0.3 is 70.6 Å². The molecule has 0 aliphatic carbocycles. The number of nitrogens with zero attached hydrogens (tertiary/aromatic N) is 2. The van der Waals surface area contributed by atoms with Crippen molar-refractivity contribution in [3.8, 4) is 0 Å². The van der Waals surface area contributed by atoms with E-state index in [2.05, 4.69) is 23.8 Å². The first-order valence-electron chi connectivity index (χ1n) is 3.46. The van der Waals surface area contributed by atoms with Crippen molar-refractivity contribution >= 4 is 25.5 Å². The summed E-state index contributed by atoms with van der Waals surface area (Å²) in [6, 6.07) is 0. The minimum absolute atomic E-state index is 0.504. The Morgan fingerprint density at radius 3 is 1.91 bits per heavy atom. The van der Waals surface area contributed by atoms with Gasteiger partial charge in [-0.3, -0.25) is 0 Å². The van der Waals surface area contributed by atoms with Crippen LogP contribution in [0.3, 0.4) is 0 Å². The van der Waals surface area contributed by atoms with Crippen LogP contribution in [0.1, 0.15) is 8.87 Å². The third-order valence-corrected chi connectivity index (χ3v) is 3.77. The van der Waals surface area contributed by atoms with E-state index in [1.165, 1.54) is 8.87 Å². The Morgan fingerprint density at radius 2 is 1.45 bits per heavy atom. The number of hydrogen-bond donors (Lipinski definition) is 0. The summed E-state index contributed by atoms with van der Waals surface area (Å²) in [6.45, 7) is 4.29. The summed E-state index contributed by atoms with van der Waals surface area (Å²) in [7, 11) is 0. The first-order valence-corrected chi connectivity index (χ1v) is 5.17. The molecule has 0 fully saturated rings. The Hall–Kier alpha value is -0.661. The van der Waals surface area contributed by atoms with Gasteiger partial charge in [0.25, 0.3) is 0 Å². The Labute approximate surface area is 71.0 Å². The van der Waals surface area contributed by atoms with Gasteiger partial charge in [0.2, 0.25) is 0 Å². The molecule has 0 aromatic carbocycles. The van der Waals surface area contributed by atoms with Crippen LogP contribution in [0, 0.1) is 13.8 Å². The minimum atomic E-state index is 0.504. The van der Waals surface area contributed by atoms with E-state index in [0.29, 0.717) is 14.5 Å². The molecule has 0 unspecified atom stereocenters. The predicted molar refractivity (Wildman–Crippen MR) is 46.0 cm³/mol. The third kappa shape index (κ3) is 1.01. The van der Waals surface area contributed by atoms with E-state index in [1.54, 1.807) is 12.4 Å². The van der Waals surface area contributed by atoms with Crippen LogP contribution in [0.5, 0.6) is 0 Å². The molecule has 11 heavy (non-hydrogen) atoms. The van der Waals surface area contributed by atoms with Crippen LogP contribution in [0.15, 0.2) is 12.4 Å². The fraction of sp³-hybridized carbons (Fsp3) is 0.250. The number of aromatic nitrogens is 2. The number of hydrogen-bond acceptors (Lipinski definition) is 2. The summed E-state index contributed by atoms with van der Waals surface area (Å²) in [5, 5.41) is 0. The summed E-state index contributed by atoms with van der Waals surface area (Å²) in [4.78, 5) is 8.57. The molecule has 0 atom stereocenters. The molecule has 56 valence electrons. The van der Waals surface area contributed by atoms with E-state index >= 15 is 0 Å². The zero-order chi connectivity index (χ0) is 7.84. The molecule has 0 bridgehead atoms. The van der Waals surface area contributed by atoms with Crippen LogP contribution in [-0.2, 0) is 0 Å². The molecule has 2 rings (SSSR count). The molecule has 0 radical (unpaired) electrons. The van der Waals surface area contributed by atoms with Gasteiger partial charge in [0.05, 0.1) is 0 Å². The second-order valence-corrected chi connectivity index (χ2v) is 5.47. The predicted octanol–water partition coefficient (Wildman–Crippen LogP) is 1.30. The molecule has 2 heterocycles. The van der Waals surface area contributed by atoms with Crippen molar-refractivity contribution in [2.24, 2.45) is 0 Å². The van der Waals surface area contributed by atoms with E-state index in [9.17, 15) is 0 Å². The normalized spacial score (nSPS) is 10.7. The van der Waals surface area contributed by atoms with E-state index in [0.717, 1.165) is 11.0 Å². The van der Waals surface area contributed by atoms with Crippen molar-refractivity contribution in [2.45, 2.75) is 13.8 Å². The second-order valence-electron chi connectivity index (χ2n) is 2.47. The maximum atomic E-state index is 4.29. The molecule has 2 nitrogen and oxygen atoms in total. The Bertz CT molecular complexity index is 356. The summed E-state index contributed by atoms with van der Waals surface area (Å²) >= 11 is 0.504. The van der Waals surface area contributed by atoms with Gasteiger partial charge in [-0.25, -0.2) is 0 Å². The molecule has 0 saturated carbocycles. The van der Waals surface area contributed by atoms with Crippen molar-refractivity contribution in [1.82, 2.24) is 9.97 Å². The van der Waals surface area contributed by atoms with Crippen molar-refractivity contribution in [2.75, 3.05) is 0 Å². The quantitative estimate of drug-likeness (QED) is 0.614. The van der Waals surface area contributed by atoms with Gasteiger partial charge in [-0.05, 0) is 0 Å². The third-order valence-electron chi connectivity index (χ3n) is 1.67. The fourth-order valence-corrected chi connectivity index (χ4v) is 3.18. The van der Waals surface area contributed by atoms with Gasteiger partial charge in [-0.1, -0.05) is 0 Å². The molecular weight excluding hydrogens is 203 g/mol. The van der Waals surface area contributed by atoms with E-state index in [-0.39, 0.29) is 0 Å². The molecule has 0 amide bonds. The Morgan fingerprint density at radius 1 is 1.00 bits per heavy atom. The van der Waals surface area contributed by atoms with Gasteiger partial charge in [-0.2, -0.15) is 0 Å². The average molecular weight is 211 g/mol. The van der Waals surface area contributed by atoms with Crippen molar-refractivity contribution < 1.29 is 0 Å². The molecule has 0 aliphatic heterocycles. The fourth-order valence-electron chi connectivity index (χ4n) is 1.18. The standard InChI is InChI=1S/C8H8N2Se/c1-5-7-8(6(2)11-5)10-4-3-9-7/h3-4H,1-2H3. The van der Waals surface area contributed by atoms with Crippen molar-refractivity contribution in [3.05, 3.63) is 21.3 Å². The number of fused-ring (bicyclic) bond motifs is 1. The molecular formula is C8H8N2Se. The average Bonchev–Trinajstić information content (AvgIpc) is 2.30. The molecule has 2 aromatic rings. The van der Waals surface area contributed by atoms with Crippen LogP contribution in [-0.4, -0.2) is 24.5 Å². The molecule has 3 heteroatoms. The van der Waals surface area contributed by atoms with E-state index < -0.39 is 0 Å². The van der Waals surface area contributed by atoms with Crippen molar-refractivity contribution in [3.63, 3.8) is 0 Å². The first-order chi connectivity index (χ1) is 5.29. The van der Waals surface area contributed by atoms with Gasteiger partial charge in [0.1, 0.15) is 0 Å². The van der Waals surface area contributed by atoms with E-state index in [4.69, 9.17) is 0 Å². The van der Waals surface area contributed by atoms with Gasteiger partial charge in [-0.15, -0.1) is 0 Å². The van der Waals surface area contributed by atoms with Crippen molar-refractivity contribution in [1.29, 1.82) is 0 Å². The van der Waals surface area contributed by atoms with E-state index in [1.807, 2.05) is 0 Å². The van der Waals surface area contributed by atoms with Gasteiger partial charge in [0, 0.05) is 0 Å². The monoisotopic (exact) mass is 212 g/mol. The summed E-state index contributed by atoms with van der Waals surface area (Å²) < 4.78 is 2.80. The molecule has 0 spiro atoms. The van der Waals surface area contributed by atoms with Crippen LogP contribution in [0.25, 0.3) is 11.0 Å². The Kier molecular flexibility index (Phi) is 1.55. The van der Waals surface area contributed by atoms with Gasteiger partial charge < -0.3 is 0 Å². The topological polar surface area (TPSA) is 25.8 Å². The van der Waals surface area contributed by atoms with Crippen LogP contribution < -0.4 is 0 Å².